The number of carbonyl (C=O) groups is 1. The van der Waals surface area contributed by atoms with Crippen LogP contribution in [0.25, 0.3) is 0 Å². The Morgan fingerprint density at radius 2 is 2.21 bits per heavy atom. The van der Waals surface area contributed by atoms with Crippen molar-refractivity contribution >= 4 is 17.2 Å². The number of rotatable bonds is 7. The summed E-state index contributed by atoms with van der Waals surface area (Å²) < 4.78 is 5.58. The number of aromatic nitrogens is 1. The van der Waals surface area contributed by atoms with Crippen molar-refractivity contribution in [2.75, 3.05) is 19.6 Å². The van der Waals surface area contributed by atoms with Crippen molar-refractivity contribution in [2.24, 2.45) is 0 Å². The molecule has 1 saturated heterocycles. The van der Waals surface area contributed by atoms with Crippen molar-refractivity contribution in [3.8, 4) is 0 Å². The predicted octanol–water partition coefficient (Wildman–Crippen LogP) is 3.36. The fourth-order valence-electron chi connectivity index (χ4n) is 3.05. The third-order valence-corrected chi connectivity index (χ3v) is 5.54. The van der Waals surface area contributed by atoms with E-state index in [-0.39, 0.29) is 11.9 Å². The molecule has 3 rings (SSSR count). The number of furan rings is 1. The summed E-state index contributed by atoms with van der Waals surface area (Å²) in [6.07, 6.45) is 4.46. The number of nitrogens with zero attached hydrogens (tertiary/aromatic N) is 2. The molecule has 1 fully saturated rings. The fraction of sp³-hybridized carbons (Fsp3) is 0.556. The van der Waals surface area contributed by atoms with E-state index in [0.29, 0.717) is 18.9 Å². The van der Waals surface area contributed by atoms with Crippen LogP contribution in [0.1, 0.15) is 55.1 Å². The molecule has 0 spiro atoms. The van der Waals surface area contributed by atoms with Gasteiger partial charge in [0, 0.05) is 17.8 Å². The Hall–Kier alpha value is -1.66. The van der Waals surface area contributed by atoms with Gasteiger partial charge in [0.1, 0.15) is 5.76 Å². The molecule has 3 heterocycles. The fourth-order valence-corrected chi connectivity index (χ4v) is 3.89. The quantitative estimate of drug-likeness (QED) is 0.834. The average Bonchev–Trinajstić information content (AvgIpc) is 3.30. The zero-order chi connectivity index (χ0) is 16.9. The lowest BCUT2D eigenvalue weighted by Gasteiger charge is -2.25. The summed E-state index contributed by atoms with van der Waals surface area (Å²) >= 11 is 1.63. The predicted molar refractivity (Wildman–Crippen MR) is 95.2 cm³/mol. The van der Waals surface area contributed by atoms with E-state index in [1.807, 2.05) is 17.5 Å². The highest BCUT2D eigenvalue weighted by molar-refractivity contribution is 7.09. The highest BCUT2D eigenvalue weighted by Gasteiger charge is 2.26. The molecule has 2 aromatic rings. The van der Waals surface area contributed by atoms with Gasteiger partial charge in [-0.25, -0.2) is 4.98 Å². The molecule has 1 N–H and O–H groups in total. The number of thiazole rings is 1. The highest BCUT2D eigenvalue weighted by Crippen LogP contribution is 2.25. The van der Waals surface area contributed by atoms with Gasteiger partial charge >= 0.3 is 0 Å². The Bertz CT molecular complexity index is 645. The molecule has 5 nitrogen and oxygen atoms in total. The van der Waals surface area contributed by atoms with E-state index in [4.69, 9.17) is 4.42 Å². The van der Waals surface area contributed by atoms with Crippen LogP contribution < -0.4 is 5.32 Å². The second-order valence-corrected chi connectivity index (χ2v) is 7.48. The summed E-state index contributed by atoms with van der Waals surface area (Å²) in [5, 5.41) is 6.13. The number of hydrogen-bond donors (Lipinski definition) is 1. The van der Waals surface area contributed by atoms with Gasteiger partial charge < -0.3 is 9.73 Å². The zero-order valence-corrected chi connectivity index (χ0v) is 15.1. The van der Waals surface area contributed by atoms with Gasteiger partial charge in [0.05, 0.1) is 29.4 Å². The molecule has 0 aliphatic carbocycles. The van der Waals surface area contributed by atoms with Crippen LogP contribution in [0.5, 0.6) is 0 Å². The largest absolute Gasteiger partial charge is 0.468 e. The lowest BCUT2D eigenvalue weighted by atomic mass is 10.2. The molecule has 0 unspecified atom stereocenters. The van der Waals surface area contributed by atoms with Crippen molar-refractivity contribution in [1.82, 2.24) is 15.2 Å². The normalized spacial score (nSPS) is 16.6. The highest BCUT2D eigenvalue weighted by atomic mass is 32.1. The first-order valence-electron chi connectivity index (χ1n) is 8.62. The smallest absolute Gasteiger partial charge is 0.226 e. The molecule has 0 bridgehead atoms. The lowest BCUT2D eigenvalue weighted by Crippen LogP contribution is -2.37. The van der Waals surface area contributed by atoms with Crippen molar-refractivity contribution in [1.29, 1.82) is 0 Å². The molecule has 1 aliphatic rings. The molecule has 130 valence electrons. The molecule has 0 radical (unpaired) electrons. The van der Waals surface area contributed by atoms with Crippen molar-refractivity contribution in [3.63, 3.8) is 0 Å². The molecule has 0 saturated carbocycles. The summed E-state index contributed by atoms with van der Waals surface area (Å²) in [5.74, 6) is 1.35. The van der Waals surface area contributed by atoms with E-state index in [9.17, 15) is 4.79 Å². The summed E-state index contributed by atoms with van der Waals surface area (Å²) in [7, 11) is 0. The van der Waals surface area contributed by atoms with Gasteiger partial charge in [-0.1, -0.05) is 13.8 Å². The maximum absolute atomic E-state index is 12.3. The van der Waals surface area contributed by atoms with E-state index in [1.165, 1.54) is 12.8 Å². The lowest BCUT2D eigenvalue weighted by molar-refractivity contribution is -0.120. The molecule has 1 atom stereocenters. The summed E-state index contributed by atoms with van der Waals surface area (Å²) in [6, 6.07) is 4.01. The minimum Gasteiger partial charge on any atom is -0.468 e. The second kappa shape index (κ2) is 7.94. The Labute approximate surface area is 147 Å². The third-order valence-electron chi connectivity index (χ3n) is 4.35. The molecule has 2 aromatic heterocycles. The van der Waals surface area contributed by atoms with Gasteiger partial charge in [0.25, 0.3) is 0 Å². The van der Waals surface area contributed by atoms with Crippen molar-refractivity contribution < 1.29 is 9.21 Å². The third kappa shape index (κ3) is 4.24. The van der Waals surface area contributed by atoms with E-state index in [0.717, 1.165) is 29.6 Å². The van der Waals surface area contributed by atoms with Gasteiger partial charge in [-0.3, -0.25) is 9.69 Å². The minimum absolute atomic E-state index is 0.0198. The second-order valence-electron chi connectivity index (χ2n) is 6.59. The first kappa shape index (κ1) is 17.2. The Morgan fingerprint density at radius 3 is 2.83 bits per heavy atom. The Balaban J connectivity index is 1.56. The number of carbonyl (C=O) groups excluding carboxylic acids is 1. The number of likely N-dealkylation sites (tertiary alicyclic amines) is 1. The maximum Gasteiger partial charge on any atom is 0.226 e. The maximum atomic E-state index is 12.3. The van der Waals surface area contributed by atoms with Crippen LogP contribution >= 0.6 is 11.3 Å². The molecular weight excluding hydrogens is 322 g/mol. The number of amides is 1. The van der Waals surface area contributed by atoms with Gasteiger partial charge in [0.2, 0.25) is 5.91 Å². The Morgan fingerprint density at radius 1 is 1.42 bits per heavy atom. The van der Waals surface area contributed by atoms with Crippen LogP contribution in [0.2, 0.25) is 0 Å². The summed E-state index contributed by atoms with van der Waals surface area (Å²) in [6.45, 7) is 6.93. The van der Waals surface area contributed by atoms with Gasteiger partial charge in [-0.2, -0.15) is 0 Å². The topological polar surface area (TPSA) is 58.4 Å². The van der Waals surface area contributed by atoms with Crippen LogP contribution in [0.4, 0.5) is 0 Å². The van der Waals surface area contributed by atoms with Gasteiger partial charge in [-0.05, 0) is 38.1 Å². The monoisotopic (exact) mass is 347 g/mol. The van der Waals surface area contributed by atoms with Crippen LogP contribution in [-0.4, -0.2) is 35.4 Å². The zero-order valence-electron chi connectivity index (χ0n) is 14.3. The van der Waals surface area contributed by atoms with Crippen LogP contribution in [0.15, 0.2) is 28.2 Å². The number of nitrogens with one attached hydrogen (secondary N) is 1. The minimum atomic E-state index is 0.0198. The molecule has 1 amide bonds. The van der Waals surface area contributed by atoms with Crippen LogP contribution in [-0.2, 0) is 11.2 Å². The summed E-state index contributed by atoms with van der Waals surface area (Å²) in [5.41, 5.74) is 0.858. The van der Waals surface area contributed by atoms with Crippen molar-refractivity contribution in [2.45, 2.75) is 45.1 Å². The molecular formula is C18H25N3O2S. The average molecular weight is 347 g/mol. The Kier molecular flexibility index (Phi) is 5.68. The van der Waals surface area contributed by atoms with Crippen LogP contribution in [0, 0.1) is 0 Å². The van der Waals surface area contributed by atoms with E-state index in [1.54, 1.807) is 17.6 Å². The standard InChI is InChI=1S/C18H25N3O2S/c1-13(2)18-20-14(12-24-18)10-17(22)19-11-15(16-6-5-9-23-16)21-7-3-4-8-21/h5-6,9,12-13,15H,3-4,7-8,10-11H2,1-2H3,(H,19,22)/t15-/m1/s1. The molecule has 1 aliphatic heterocycles. The van der Waals surface area contributed by atoms with E-state index < -0.39 is 0 Å². The molecule has 6 heteroatoms. The van der Waals surface area contributed by atoms with Gasteiger partial charge in [0.15, 0.2) is 0 Å². The van der Waals surface area contributed by atoms with Crippen molar-refractivity contribution in [3.05, 3.63) is 40.2 Å². The van der Waals surface area contributed by atoms with Crippen LogP contribution in [0.3, 0.4) is 0 Å². The summed E-state index contributed by atoms with van der Waals surface area (Å²) in [4.78, 5) is 19.2. The SMILES string of the molecule is CC(C)c1nc(CC(=O)NC[C@H](c2ccco2)N2CCCC2)cs1. The first-order valence-corrected chi connectivity index (χ1v) is 9.50. The van der Waals surface area contributed by atoms with E-state index >= 15 is 0 Å². The first-order chi connectivity index (χ1) is 11.6. The number of hydrogen-bond acceptors (Lipinski definition) is 5. The molecule has 24 heavy (non-hydrogen) atoms. The molecule has 0 aromatic carbocycles. The van der Waals surface area contributed by atoms with Gasteiger partial charge in [-0.15, -0.1) is 11.3 Å². The van der Waals surface area contributed by atoms with E-state index in [2.05, 4.69) is 29.0 Å².